The van der Waals surface area contributed by atoms with Crippen LogP contribution in [0.25, 0.3) is 22.3 Å². The molecule has 0 saturated carbocycles. The highest BCUT2D eigenvalue weighted by molar-refractivity contribution is 5.82. The minimum absolute atomic E-state index is 0. The first-order valence-corrected chi connectivity index (χ1v) is 24.4. The van der Waals surface area contributed by atoms with Crippen LogP contribution in [0.1, 0.15) is 44.5 Å². The third kappa shape index (κ3) is 15.4. The number of aliphatic hydroxyl groups is 2. The van der Waals surface area contributed by atoms with Gasteiger partial charge in [-0.3, -0.25) is 0 Å². The van der Waals surface area contributed by atoms with Crippen molar-refractivity contribution in [3.63, 3.8) is 0 Å². The van der Waals surface area contributed by atoms with Gasteiger partial charge in [0.2, 0.25) is 0 Å². The van der Waals surface area contributed by atoms with E-state index in [1.807, 2.05) is 4.90 Å². The van der Waals surface area contributed by atoms with E-state index in [1.54, 1.807) is 73.3 Å². The molecule has 0 radical (unpaired) electrons. The molecule has 6 aromatic rings. The van der Waals surface area contributed by atoms with Crippen LogP contribution in [0.3, 0.4) is 0 Å². The fourth-order valence-electron chi connectivity index (χ4n) is 9.16. The van der Waals surface area contributed by atoms with Gasteiger partial charge in [-0.2, -0.15) is 35.1 Å². The summed E-state index contributed by atoms with van der Waals surface area (Å²) in [6, 6.07) is 29.7. The predicted molar refractivity (Wildman–Crippen MR) is 269 cm³/mol. The molecule has 0 bridgehead atoms. The highest BCUT2D eigenvalue weighted by Gasteiger charge is 2.46. The molecule has 9 rings (SSSR count). The SMILES string of the molecule is C.CC1(C)OC[C@H](CN2c3cccc(-c4cccc(OC(F)(F)F)c4)c3OC[C@@H]2c2cccc(OC(F)(F)C(F)F)c2)O1.OC[C@@H](O)CN1c2cccc(-c3cccc(OC(F)(F)F)c3)c2OC[C@@H]1c1cccc(OC(F)(F)C(F)F)c1. The maximum absolute atomic E-state index is 13.6. The normalized spacial score (nSPS) is 18.2. The average Bonchev–Trinajstić information content (AvgIpc) is 2.21. The van der Waals surface area contributed by atoms with Crippen molar-refractivity contribution in [3.05, 3.63) is 145 Å². The van der Waals surface area contributed by atoms with Crippen LogP contribution >= 0.6 is 0 Å². The van der Waals surface area contributed by atoms with Gasteiger partial charge in [0.1, 0.15) is 42.3 Å². The average molecular weight is 1180 g/mol. The Morgan fingerprint density at radius 2 is 0.951 bits per heavy atom. The van der Waals surface area contributed by atoms with E-state index in [-0.39, 0.29) is 46.1 Å². The third-order valence-electron chi connectivity index (χ3n) is 12.5. The Hall–Kier alpha value is -7.42. The molecule has 3 heterocycles. The van der Waals surface area contributed by atoms with Crippen LogP contribution in [0.5, 0.6) is 34.5 Å². The number of rotatable bonds is 17. The molecule has 1 saturated heterocycles. The van der Waals surface area contributed by atoms with Gasteiger partial charge in [-0.05, 0) is 96.8 Å². The van der Waals surface area contributed by atoms with Crippen LogP contribution in [-0.2, 0) is 9.47 Å². The zero-order valence-corrected chi connectivity index (χ0v) is 42.3. The summed E-state index contributed by atoms with van der Waals surface area (Å²) in [6.45, 7) is 3.11. The van der Waals surface area contributed by atoms with Crippen molar-refractivity contribution in [2.45, 2.75) is 89.1 Å². The smallest absolute Gasteiger partial charge is 0.488 e. The molecule has 2 N–H and O–H groups in total. The lowest BCUT2D eigenvalue weighted by Gasteiger charge is -2.40. The largest absolute Gasteiger partial charge is 0.573 e. The van der Waals surface area contributed by atoms with Crippen molar-refractivity contribution >= 4 is 11.4 Å². The van der Waals surface area contributed by atoms with Crippen molar-refractivity contribution < 1.29 is 110 Å². The first-order valence-electron chi connectivity index (χ1n) is 24.4. The molecular formula is C56H52F14N2O10. The Labute approximate surface area is 459 Å². The van der Waals surface area contributed by atoms with E-state index >= 15 is 0 Å². The molecule has 444 valence electrons. The first kappa shape index (κ1) is 62.2. The van der Waals surface area contributed by atoms with E-state index in [1.165, 1.54) is 54.6 Å². The molecule has 26 heteroatoms. The third-order valence-corrected chi connectivity index (χ3v) is 12.5. The molecule has 82 heavy (non-hydrogen) atoms. The maximum atomic E-state index is 13.6. The molecule has 12 nitrogen and oxygen atoms in total. The summed E-state index contributed by atoms with van der Waals surface area (Å²) in [6.07, 6.45) is -28.9. The fraction of sp³-hybridized carbons (Fsp3) is 0.357. The molecule has 0 spiro atoms. The standard InChI is InChI=1S/C29H26F7NO5.C26H22F7NO5.CH4/c1-27(2)39-15-21(40-27)14-37-23-11-5-10-22(17-6-3-9-20(12-17)42-29(34,35)36)25(23)38-16-24(37)18-7-4-8-19(13-18)41-28(32,33)26(30)31;27-24(28)25(29,30)38-18-6-2-5-16(11-18)22-14-37-23-20(8-3-9-21(23)34(22)12-17(36)13-35)15-4-1-7-19(10-15)39-26(31,32)33;/h3-13,21,24,26H,14-16H2,1-2H3;1-11,17,22,24,35-36H,12-14H2;1H4/t21-,24+;17-,22+;/m00./s1. The van der Waals surface area contributed by atoms with Crippen LogP contribution in [-0.4, -0.2) is 106 Å². The number of hydrogen-bond acceptors (Lipinski definition) is 12. The summed E-state index contributed by atoms with van der Waals surface area (Å²) in [4.78, 5) is 3.52. The van der Waals surface area contributed by atoms with Gasteiger partial charge in [0.25, 0.3) is 0 Å². The number of ether oxygens (including phenoxy) is 8. The van der Waals surface area contributed by atoms with Crippen molar-refractivity contribution in [1.29, 1.82) is 0 Å². The molecule has 1 fully saturated rings. The molecular weight excluding hydrogens is 1130 g/mol. The molecule has 6 aromatic carbocycles. The van der Waals surface area contributed by atoms with Gasteiger partial charge in [0.05, 0.1) is 42.8 Å². The molecule has 0 aliphatic carbocycles. The summed E-state index contributed by atoms with van der Waals surface area (Å²) in [5.74, 6) is -2.06. The molecule has 0 amide bonds. The number of β-amino-alcohol motifs (C(OH)–C–C–N with tert-alkyl or cyclic N) is 1. The zero-order chi connectivity index (χ0) is 58.7. The van der Waals surface area contributed by atoms with Crippen LogP contribution in [0.4, 0.5) is 72.8 Å². The summed E-state index contributed by atoms with van der Waals surface area (Å²) in [5.41, 5.74) is 3.30. The maximum Gasteiger partial charge on any atom is 0.573 e. The molecule has 0 aromatic heterocycles. The van der Waals surface area contributed by atoms with E-state index in [9.17, 15) is 71.7 Å². The number of aliphatic hydroxyl groups excluding tert-OH is 2. The second-order valence-electron chi connectivity index (χ2n) is 18.8. The summed E-state index contributed by atoms with van der Waals surface area (Å²) in [5, 5.41) is 19.7. The summed E-state index contributed by atoms with van der Waals surface area (Å²) < 4.78 is 222. The number of nitrogens with zero attached hydrogens (tertiary/aromatic N) is 2. The number of benzene rings is 6. The molecule has 0 unspecified atom stereocenters. The van der Waals surface area contributed by atoms with Crippen molar-refractivity contribution in [3.8, 4) is 56.8 Å². The summed E-state index contributed by atoms with van der Waals surface area (Å²) >= 11 is 0. The Bertz CT molecular complexity index is 3110. The number of anilines is 2. The van der Waals surface area contributed by atoms with Crippen LogP contribution in [0, 0.1) is 0 Å². The molecule has 3 aliphatic heterocycles. The fourth-order valence-corrected chi connectivity index (χ4v) is 9.16. The van der Waals surface area contributed by atoms with Crippen LogP contribution < -0.4 is 38.2 Å². The topological polar surface area (TPSA) is 121 Å². The molecule has 4 atom stereocenters. The minimum atomic E-state index is -4.90. The first-order chi connectivity index (χ1) is 38.1. The van der Waals surface area contributed by atoms with Gasteiger partial charge in [-0.15, -0.1) is 26.3 Å². The lowest BCUT2D eigenvalue weighted by Crippen LogP contribution is -2.42. The second kappa shape index (κ2) is 25.0. The van der Waals surface area contributed by atoms with Gasteiger partial charge in [-0.1, -0.05) is 80.2 Å². The van der Waals surface area contributed by atoms with E-state index < -0.39 is 97.5 Å². The lowest BCUT2D eigenvalue weighted by atomic mass is 9.98. The van der Waals surface area contributed by atoms with E-state index in [0.717, 1.165) is 24.3 Å². The number of hydrogen-bond donors (Lipinski definition) is 2. The Balaban J connectivity index is 0.000000234. The number of halogens is 14. The Morgan fingerprint density at radius 3 is 1.35 bits per heavy atom. The second-order valence-corrected chi connectivity index (χ2v) is 18.8. The van der Waals surface area contributed by atoms with Crippen molar-refractivity contribution in [2.24, 2.45) is 0 Å². The number of alkyl halides is 14. The van der Waals surface area contributed by atoms with Crippen molar-refractivity contribution in [2.75, 3.05) is 49.3 Å². The van der Waals surface area contributed by atoms with E-state index in [4.69, 9.17) is 18.9 Å². The molecule has 3 aliphatic rings. The van der Waals surface area contributed by atoms with Gasteiger partial charge >= 0.3 is 37.8 Å². The quantitative estimate of drug-likeness (QED) is 0.0846. The summed E-state index contributed by atoms with van der Waals surface area (Å²) in [7, 11) is 0. The Morgan fingerprint density at radius 1 is 0.549 bits per heavy atom. The van der Waals surface area contributed by atoms with Gasteiger partial charge in [-0.25, -0.2) is 0 Å². The van der Waals surface area contributed by atoms with Gasteiger partial charge in [0, 0.05) is 24.2 Å². The van der Waals surface area contributed by atoms with Crippen LogP contribution in [0.2, 0.25) is 0 Å². The number of fused-ring (bicyclic) bond motifs is 2. The lowest BCUT2D eigenvalue weighted by molar-refractivity contribution is -0.275. The van der Waals surface area contributed by atoms with Crippen LogP contribution in [0.15, 0.2) is 133 Å². The number of para-hydroxylation sites is 2. The van der Waals surface area contributed by atoms with Gasteiger partial charge < -0.3 is 57.9 Å². The van der Waals surface area contributed by atoms with Crippen molar-refractivity contribution in [1.82, 2.24) is 0 Å². The Kier molecular flexibility index (Phi) is 18.9. The van der Waals surface area contributed by atoms with E-state index in [2.05, 4.69) is 18.9 Å². The van der Waals surface area contributed by atoms with Gasteiger partial charge in [0.15, 0.2) is 17.3 Å². The highest BCUT2D eigenvalue weighted by atomic mass is 19.4. The zero-order valence-electron chi connectivity index (χ0n) is 42.3. The van der Waals surface area contributed by atoms with E-state index in [0.29, 0.717) is 50.5 Å². The highest BCUT2D eigenvalue weighted by Crippen LogP contribution is 2.49. The monoisotopic (exact) mass is 1180 g/mol. The minimum Gasteiger partial charge on any atom is -0.488 e. The predicted octanol–water partition coefficient (Wildman–Crippen LogP) is 14.0.